The standard InChI is InChI=1S/C16H11ClN4OS2/c17-11-5-3-10(4-6-11)12-8-18-14(22-12)9-24-16-19-15(20-21-16)13-2-1-7-23-13/h1-8H,9H2,(H,19,20,21). The number of rotatable bonds is 5. The Morgan fingerprint density at radius 2 is 2.08 bits per heavy atom. The van der Waals surface area contributed by atoms with Crippen LogP contribution in [-0.4, -0.2) is 20.2 Å². The van der Waals surface area contributed by atoms with Gasteiger partial charge < -0.3 is 4.42 Å². The molecular formula is C16H11ClN4OS2. The number of aromatic amines is 1. The summed E-state index contributed by atoms with van der Waals surface area (Å²) in [7, 11) is 0. The third-order valence-corrected chi connectivity index (χ3v) is 5.19. The third kappa shape index (κ3) is 3.38. The van der Waals surface area contributed by atoms with Crippen LogP contribution in [0.2, 0.25) is 5.02 Å². The Morgan fingerprint density at radius 1 is 1.21 bits per heavy atom. The van der Waals surface area contributed by atoms with Gasteiger partial charge in [0.25, 0.3) is 0 Å². The minimum absolute atomic E-state index is 0.565. The van der Waals surface area contributed by atoms with Crippen molar-refractivity contribution in [2.24, 2.45) is 0 Å². The van der Waals surface area contributed by atoms with Gasteiger partial charge in [0.05, 0.1) is 16.8 Å². The van der Waals surface area contributed by atoms with Gasteiger partial charge in [0.1, 0.15) is 0 Å². The molecule has 0 bridgehead atoms. The molecule has 4 aromatic rings. The summed E-state index contributed by atoms with van der Waals surface area (Å²) in [5.74, 6) is 2.70. The number of halogens is 1. The van der Waals surface area contributed by atoms with E-state index in [0.717, 1.165) is 22.0 Å². The molecule has 120 valence electrons. The average Bonchev–Trinajstić information content (AvgIpc) is 3.34. The summed E-state index contributed by atoms with van der Waals surface area (Å²) < 4.78 is 5.77. The summed E-state index contributed by atoms with van der Waals surface area (Å²) in [5, 5.41) is 10.5. The third-order valence-electron chi connectivity index (χ3n) is 3.23. The second-order valence-electron chi connectivity index (χ2n) is 4.86. The first kappa shape index (κ1) is 15.4. The van der Waals surface area contributed by atoms with Crippen LogP contribution in [0.25, 0.3) is 22.0 Å². The Morgan fingerprint density at radius 3 is 2.88 bits per heavy atom. The first-order chi connectivity index (χ1) is 11.8. The predicted molar refractivity (Wildman–Crippen MR) is 96.2 cm³/mol. The lowest BCUT2D eigenvalue weighted by atomic mass is 10.2. The number of hydrogen-bond donors (Lipinski definition) is 1. The molecule has 0 aliphatic carbocycles. The zero-order valence-corrected chi connectivity index (χ0v) is 14.7. The Labute approximate surface area is 151 Å². The topological polar surface area (TPSA) is 67.6 Å². The van der Waals surface area contributed by atoms with E-state index in [2.05, 4.69) is 20.2 Å². The summed E-state index contributed by atoms with van der Waals surface area (Å²) in [6, 6.07) is 11.5. The molecule has 1 N–H and O–H groups in total. The lowest BCUT2D eigenvalue weighted by Crippen LogP contribution is -1.81. The average molecular weight is 375 g/mol. The molecule has 5 nitrogen and oxygen atoms in total. The van der Waals surface area contributed by atoms with Gasteiger partial charge in [-0.1, -0.05) is 29.4 Å². The minimum atomic E-state index is 0.565. The SMILES string of the molecule is Clc1ccc(-c2cnc(CSc3n[nH]c(-c4cccs4)n3)o2)cc1. The van der Waals surface area contributed by atoms with Crippen molar-refractivity contribution in [2.75, 3.05) is 0 Å². The molecule has 0 saturated carbocycles. The van der Waals surface area contributed by atoms with Crippen molar-refractivity contribution in [2.45, 2.75) is 10.9 Å². The van der Waals surface area contributed by atoms with Crippen molar-refractivity contribution in [3.8, 4) is 22.0 Å². The van der Waals surface area contributed by atoms with Crippen molar-refractivity contribution < 1.29 is 4.42 Å². The fourth-order valence-electron chi connectivity index (χ4n) is 2.09. The van der Waals surface area contributed by atoms with E-state index < -0.39 is 0 Å². The molecule has 0 fully saturated rings. The summed E-state index contributed by atoms with van der Waals surface area (Å²) in [5.41, 5.74) is 0.945. The highest BCUT2D eigenvalue weighted by Gasteiger charge is 2.10. The van der Waals surface area contributed by atoms with Crippen LogP contribution in [0.1, 0.15) is 5.89 Å². The van der Waals surface area contributed by atoms with Crippen LogP contribution in [-0.2, 0) is 5.75 Å². The largest absolute Gasteiger partial charge is 0.440 e. The molecule has 0 radical (unpaired) electrons. The van der Waals surface area contributed by atoms with Crippen LogP contribution < -0.4 is 0 Å². The van der Waals surface area contributed by atoms with Crippen LogP contribution in [0, 0.1) is 0 Å². The molecule has 1 aromatic carbocycles. The van der Waals surface area contributed by atoms with Gasteiger partial charge in [-0.25, -0.2) is 9.97 Å². The smallest absolute Gasteiger partial charge is 0.209 e. The van der Waals surface area contributed by atoms with E-state index in [1.807, 2.05) is 41.8 Å². The number of thioether (sulfide) groups is 1. The van der Waals surface area contributed by atoms with Crippen molar-refractivity contribution in [3.63, 3.8) is 0 Å². The number of thiophene rings is 1. The number of benzene rings is 1. The van der Waals surface area contributed by atoms with E-state index in [4.69, 9.17) is 16.0 Å². The predicted octanol–water partition coefficient (Wildman–Crippen LogP) is 5.13. The molecule has 0 aliphatic heterocycles. The van der Waals surface area contributed by atoms with Crippen LogP contribution in [0.4, 0.5) is 0 Å². The summed E-state index contributed by atoms with van der Waals surface area (Å²) in [4.78, 5) is 9.83. The van der Waals surface area contributed by atoms with Crippen molar-refractivity contribution in [1.29, 1.82) is 0 Å². The molecule has 0 unspecified atom stereocenters. The fourth-order valence-corrected chi connectivity index (χ4v) is 3.53. The number of oxazole rings is 1. The van der Waals surface area contributed by atoms with Gasteiger partial charge >= 0.3 is 0 Å². The molecule has 0 aliphatic rings. The zero-order valence-electron chi connectivity index (χ0n) is 12.3. The monoisotopic (exact) mass is 374 g/mol. The summed E-state index contributed by atoms with van der Waals surface area (Å²) >= 11 is 8.99. The zero-order chi connectivity index (χ0) is 16.4. The highest BCUT2D eigenvalue weighted by Crippen LogP contribution is 2.27. The molecule has 0 atom stereocenters. The van der Waals surface area contributed by atoms with Crippen LogP contribution >= 0.6 is 34.7 Å². The maximum atomic E-state index is 5.90. The molecule has 24 heavy (non-hydrogen) atoms. The van der Waals surface area contributed by atoms with Gasteiger partial charge in [-0.05, 0) is 35.7 Å². The Kier molecular flexibility index (Phi) is 4.38. The van der Waals surface area contributed by atoms with E-state index in [9.17, 15) is 0 Å². The molecule has 8 heteroatoms. The lowest BCUT2D eigenvalue weighted by molar-refractivity contribution is 0.530. The quantitative estimate of drug-likeness (QED) is 0.490. The van der Waals surface area contributed by atoms with Gasteiger partial charge in [-0.3, -0.25) is 5.10 Å². The summed E-state index contributed by atoms with van der Waals surface area (Å²) in [6.45, 7) is 0. The number of hydrogen-bond acceptors (Lipinski definition) is 6. The number of nitrogens with one attached hydrogen (secondary N) is 1. The van der Waals surface area contributed by atoms with Crippen LogP contribution in [0.3, 0.4) is 0 Å². The first-order valence-corrected chi connectivity index (χ1v) is 9.32. The molecule has 3 heterocycles. The van der Waals surface area contributed by atoms with E-state index >= 15 is 0 Å². The number of nitrogens with zero attached hydrogens (tertiary/aromatic N) is 3. The van der Waals surface area contributed by atoms with Crippen molar-refractivity contribution in [3.05, 3.63) is 58.9 Å². The number of aromatic nitrogens is 4. The molecule has 0 saturated heterocycles. The molecule has 0 spiro atoms. The van der Waals surface area contributed by atoms with Gasteiger partial charge in [-0.2, -0.15) is 0 Å². The van der Waals surface area contributed by atoms with Gasteiger partial charge in [0, 0.05) is 10.6 Å². The van der Waals surface area contributed by atoms with Crippen LogP contribution in [0.15, 0.2) is 57.5 Å². The van der Waals surface area contributed by atoms with Crippen molar-refractivity contribution in [1.82, 2.24) is 20.2 Å². The molecule has 3 aromatic heterocycles. The van der Waals surface area contributed by atoms with E-state index in [1.165, 1.54) is 11.8 Å². The van der Waals surface area contributed by atoms with E-state index in [1.54, 1.807) is 17.5 Å². The highest BCUT2D eigenvalue weighted by molar-refractivity contribution is 7.98. The Balaban J connectivity index is 1.42. The summed E-state index contributed by atoms with van der Waals surface area (Å²) in [6.07, 6.45) is 1.72. The molecular weight excluding hydrogens is 364 g/mol. The normalized spacial score (nSPS) is 11.0. The Bertz CT molecular complexity index is 931. The molecule has 4 rings (SSSR count). The fraction of sp³-hybridized carbons (Fsp3) is 0.0625. The van der Waals surface area contributed by atoms with Gasteiger partial charge in [-0.15, -0.1) is 16.4 Å². The second-order valence-corrected chi connectivity index (χ2v) is 7.18. The van der Waals surface area contributed by atoms with Gasteiger partial charge in [0.15, 0.2) is 11.6 Å². The van der Waals surface area contributed by atoms with Gasteiger partial charge in [0.2, 0.25) is 11.0 Å². The molecule has 0 amide bonds. The van der Waals surface area contributed by atoms with E-state index in [-0.39, 0.29) is 0 Å². The lowest BCUT2D eigenvalue weighted by Gasteiger charge is -1.96. The van der Waals surface area contributed by atoms with Crippen LogP contribution in [0.5, 0.6) is 0 Å². The number of H-pyrrole nitrogens is 1. The Hall–Kier alpha value is -2.09. The highest BCUT2D eigenvalue weighted by atomic mass is 35.5. The van der Waals surface area contributed by atoms with E-state index in [0.29, 0.717) is 21.8 Å². The second kappa shape index (κ2) is 6.80. The minimum Gasteiger partial charge on any atom is -0.440 e. The maximum absolute atomic E-state index is 5.90. The maximum Gasteiger partial charge on any atom is 0.209 e. The van der Waals surface area contributed by atoms with Crippen molar-refractivity contribution >= 4 is 34.7 Å². The first-order valence-electron chi connectivity index (χ1n) is 7.08.